The first kappa shape index (κ1) is 30.9. The molecule has 0 atom stereocenters. The molecule has 5 rings (SSSR count). The number of amides is 1. The molecule has 1 amide bonds. The maximum atomic E-state index is 13.2. The second-order valence-electron chi connectivity index (χ2n) is 9.71. The van der Waals surface area contributed by atoms with Gasteiger partial charge in [-0.25, -0.2) is 4.98 Å². The number of fused-ring (bicyclic) bond motifs is 2. The zero-order valence-electron chi connectivity index (χ0n) is 23.7. The molecule has 0 radical (unpaired) electrons. The fourth-order valence-electron chi connectivity index (χ4n) is 4.67. The Morgan fingerprint density at radius 3 is 2.38 bits per heavy atom. The van der Waals surface area contributed by atoms with E-state index in [1.54, 1.807) is 20.3 Å². The quantitative estimate of drug-likeness (QED) is 0.159. The molecule has 0 unspecified atom stereocenters. The summed E-state index contributed by atoms with van der Waals surface area (Å²) >= 11 is 6.66. The topological polar surface area (TPSA) is 72.9 Å². The van der Waals surface area contributed by atoms with Gasteiger partial charge in [0.05, 0.1) is 35.8 Å². The van der Waals surface area contributed by atoms with Crippen LogP contribution in [0.4, 0.5) is 5.69 Å². The SMILES string of the molecule is COc1ccc(CCN(C)CCOc2ccc(NC(=O)c3cccc4c(Cl)c5ccccc5nc34)cc2)cc1OC.Cl. The van der Waals surface area contributed by atoms with Gasteiger partial charge < -0.3 is 24.4 Å². The molecule has 1 heterocycles. The van der Waals surface area contributed by atoms with E-state index in [1.807, 2.05) is 72.8 Å². The van der Waals surface area contributed by atoms with Crippen molar-refractivity contribution < 1.29 is 19.0 Å². The number of hydrogen-bond donors (Lipinski definition) is 1. The molecule has 42 heavy (non-hydrogen) atoms. The molecule has 0 aliphatic rings. The van der Waals surface area contributed by atoms with Crippen molar-refractivity contribution in [3.8, 4) is 17.2 Å². The largest absolute Gasteiger partial charge is 0.493 e. The van der Waals surface area contributed by atoms with Gasteiger partial charge in [-0.05, 0) is 67.6 Å². The van der Waals surface area contributed by atoms with Crippen LogP contribution < -0.4 is 19.5 Å². The molecule has 218 valence electrons. The molecule has 4 aromatic carbocycles. The van der Waals surface area contributed by atoms with Crippen molar-refractivity contribution in [1.29, 1.82) is 0 Å². The van der Waals surface area contributed by atoms with Crippen LogP contribution in [0.1, 0.15) is 15.9 Å². The second kappa shape index (κ2) is 14.2. The van der Waals surface area contributed by atoms with Crippen molar-refractivity contribution in [2.45, 2.75) is 6.42 Å². The predicted molar refractivity (Wildman–Crippen MR) is 172 cm³/mol. The summed E-state index contributed by atoms with van der Waals surface area (Å²) in [7, 11) is 5.35. The molecule has 0 spiro atoms. The Bertz CT molecular complexity index is 1680. The van der Waals surface area contributed by atoms with Crippen molar-refractivity contribution in [1.82, 2.24) is 9.88 Å². The molecule has 0 saturated heterocycles. The predicted octanol–water partition coefficient (Wildman–Crippen LogP) is 7.29. The third-order valence-electron chi connectivity index (χ3n) is 6.97. The number of rotatable bonds is 11. The summed E-state index contributed by atoms with van der Waals surface area (Å²) in [5.74, 6) is 1.95. The maximum Gasteiger partial charge on any atom is 0.257 e. The van der Waals surface area contributed by atoms with Crippen molar-refractivity contribution >= 4 is 57.4 Å². The highest BCUT2D eigenvalue weighted by molar-refractivity contribution is 6.40. The van der Waals surface area contributed by atoms with E-state index in [0.29, 0.717) is 28.4 Å². The summed E-state index contributed by atoms with van der Waals surface area (Å²) in [6, 6.07) is 26.5. The molecule has 1 aromatic heterocycles. The molecule has 1 N–H and O–H groups in total. The normalized spacial score (nSPS) is 10.9. The van der Waals surface area contributed by atoms with Gasteiger partial charge in [-0.2, -0.15) is 0 Å². The molecular formula is C33H33Cl2N3O4. The Morgan fingerprint density at radius 2 is 1.62 bits per heavy atom. The van der Waals surface area contributed by atoms with Crippen LogP contribution in [-0.2, 0) is 6.42 Å². The zero-order valence-corrected chi connectivity index (χ0v) is 25.3. The maximum absolute atomic E-state index is 13.2. The second-order valence-corrected chi connectivity index (χ2v) is 10.1. The standard InChI is InChI=1S/C33H32ClN3O4.ClH/c1-37(18-17-22-11-16-29(39-2)30(21-22)40-3)19-20-41-24-14-12-23(13-15-24)35-33(38)27-9-6-8-26-31(34)25-7-4-5-10-28(25)36-32(26)27;/h4-16,21H,17-20H2,1-3H3,(H,35,38);1H. The molecule has 5 aromatic rings. The average Bonchev–Trinajstić information content (AvgIpc) is 3.00. The van der Waals surface area contributed by atoms with E-state index in [0.717, 1.165) is 53.0 Å². The van der Waals surface area contributed by atoms with Crippen LogP contribution in [-0.4, -0.2) is 56.8 Å². The Morgan fingerprint density at radius 1 is 0.881 bits per heavy atom. The Kier molecular flexibility index (Phi) is 10.5. The van der Waals surface area contributed by atoms with Gasteiger partial charge in [-0.1, -0.05) is 48.0 Å². The summed E-state index contributed by atoms with van der Waals surface area (Å²) in [5.41, 5.74) is 3.64. The van der Waals surface area contributed by atoms with E-state index < -0.39 is 0 Å². The lowest BCUT2D eigenvalue weighted by Crippen LogP contribution is -2.26. The number of pyridine rings is 1. The molecule has 0 fully saturated rings. The molecule has 9 heteroatoms. The Hall–Kier alpha value is -4.04. The van der Waals surface area contributed by atoms with Gasteiger partial charge in [0.15, 0.2) is 11.5 Å². The van der Waals surface area contributed by atoms with Crippen molar-refractivity contribution in [3.05, 3.63) is 101 Å². The summed E-state index contributed by atoms with van der Waals surface area (Å²) in [6.07, 6.45) is 0.889. The third-order valence-corrected chi connectivity index (χ3v) is 7.38. The number of para-hydroxylation sites is 2. The summed E-state index contributed by atoms with van der Waals surface area (Å²) in [6.45, 7) is 2.20. The number of ether oxygens (including phenoxy) is 3. The lowest BCUT2D eigenvalue weighted by Gasteiger charge is -2.17. The number of likely N-dealkylation sites (N-methyl/N-ethyl adjacent to an activating group) is 1. The number of carbonyl (C=O) groups excluding carboxylic acids is 1. The zero-order chi connectivity index (χ0) is 28.8. The first-order valence-corrected chi connectivity index (χ1v) is 13.7. The fourth-order valence-corrected chi connectivity index (χ4v) is 4.98. The van der Waals surface area contributed by atoms with Crippen LogP contribution in [0, 0.1) is 0 Å². The van der Waals surface area contributed by atoms with Crippen molar-refractivity contribution in [3.63, 3.8) is 0 Å². The van der Waals surface area contributed by atoms with Crippen molar-refractivity contribution in [2.24, 2.45) is 0 Å². The lowest BCUT2D eigenvalue weighted by atomic mass is 10.1. The highest BCUT2D eigenvalue weighted by atomic mass is 35.5. The Labute approximate surface area is 256 Å². The summed E-state index contributed by atoms with van der Waals surface area (Å²) < 4.78 is 16.6. The molecule has 7 nitrogen and oxygen atoms in total. The third kappa shape index (κ3) is 7.05. The van der Waals surface area contributed by atoms with Gasteiger partial charge >= 0.3 is 0 Å². The van der Waals surface area contributed by atoms with Crippen LogP contribution in [0.2, 0.25) is 5.02 Å². The van der Waals surface area contributed by atoms with E-state index in [-0.39, 0.29) is 18.3 Å². The van der Waals surface area contributed by atoms with Crippen LogP contribution in [0.15, 0.2) is 84.9 Å². The van der Waals surface area contributed by atoms with E-state index in [2.05, 4.69) is 23.3 Å². The Balaban J connectivity index is 0.00000405. The molecule has 0 bridgehead atoms. The number of hydrogen-bond acceptors (Lipinski definition) is 6. The number of benzene rings is 4. The number of anilines is 1. The minimum atomic E-state index is -0.251. The van der Waals surface area contributed by atoms with E-state index in [9.17, 15) is 4.79 Å². The van der Waals surface area contributed by atoms with Gasteiger partial charge in [0.1, 0.15) is 12.4 Å². The van der Waals surface area contributed by atoms with Crippen LogP contribution in [0.25, 0.3) is 21.8 Å². The van der Waals surface area contributed by atoms with Gasteiger partial charge in [0.2, 0.25) is 0 Å². The van der Waals surface area contributed by atoms with Crippen LogP contribution in [0.3, 0.4) is 0 Å². The number of halogens is 2. The number of nitrogens with zero attached hydrogens (tertiary/aromatic N) is 2. The van der Waals surface area contributed by atoms with E-state index >= 15 is 0 Å². The average molecular weight is 607 g/mol. The van der Waals surface area contributed by atoms with Gasteiger partial charge in [-0.3, -0.25) is 4.79 Å². The van der Waals surface area contributed by atoms with E-state index in [1.165, 1.54) is 5.56 Å². The van der Waals surface area contributed by atoms with Crippen molar-refractivity contribution in [2.75, 3.05) is 46.3 Å². The first-order valence-electron chi connectivity index (χ1n) is 13.4. The summed E-state index contributed by atoms with van der Waals surface area (Å²) in [5, 5.41) is 5.16. The van der Waals surface area contributed by atoms with Crippen LogP contribution >= 0.6 is 24.0 Å². The van der Waals surface area contributed by atoms with Gasteiger partial charge in [0, 0.05) is 29.5 Å². The first-order chi connectivity index (χ1) is 20.0. The number of nitrogens with one attached hydrogen (secondary N) is 1. The molecule has 0 aliphatic carbocycles. The minimum absolute atomic E-state index is 0. The van der Waals surface area contributed by atoms with Gasteiger partial charge in [0.25, 0.3) is 5.91 Å². The lowest BCUT2D eigenvalue weighted by molar-refractivity contribution is 0.102. The molecule has 0 saturated carbocycles. The molecule has 0 aliphatic heterocycles. The highest BCUT2D eigenvalue weighted by Crippen LogP contribution is 2.32. The monoisotopic (exact) mass is 605 g/mol. The number of carbonyl (C=O) groups is 1. The highest BCUT2D eigenvalue weighted by Gasteiger charge is 2.15. The number of methoxy groups -OCH3 is 2. The van der Waals surface area contributed by atoms with Crippen LogP contribution in [0.5, 0.6) is 17.2 Å². The fraction of sp³-hybridized carbons (Fsp3) is 0.212. The smallest absolute Gasteiger partial charge is 0.257 e. The van der Waals surface area contributed by atoms with Gasteiger partial charge in [-0.15, -0.1) is 12.4 Å². The number of aromatic nitrogens is 1. The molecular weight excluding hydrogens is 573 g/mol. The summed E-state index contributed by atoms with van der Waals surface area (Å²) in [4.78, 5) is 20.1. The minimum Gasteiger partial charge on any atom is -0.493 e. The van der Waals surface area contributed by atoms with E-state index in [4.69, 9.17) is 30.8 Å².